The monoisotopic (exact) mass is 393 g/mol. The number of nitrogens with two attached hydrogens (primary N) is 1. The zero-order valence-electron chi connectivity index (χ0n) is 15.6. The Labute approximate surface area is 167 Å². The van der Waals surface area contributed by atoms with Gasteiger partial charge in [0, 0.05) is 6.07 Å². The number of fused-ring (bicyclic) bond motifs is 1. The van der Waals surface area contributed by atoms with E-state index in [2.05, 4.69) is 10.3 Å². The highest BCUT2D eigenvalue weighted by atomic mass is 19.1. The number of amides is 1. The van der Waals surface area contributed by atoms with Crippen LogP contribution < -0.4 is 20.5 Å². The maximum atomic E-state index is 13.1. The van der Waals surface area contributed by atoms with Gasteiger partial charge in [0.2, 0.25) is 11.8 Å². The van der Waals surface area contributed by atoms with Crippen LogP contribution in [0.3, 0.4) is 0 Å². The molecule has 2 heterocycles. The fourth-order valence-corrected chi connectivity index (χ4v) is 3.19. The number of pyridine rings is 1. The Kier molecular flexibility index (Phi) is 5.39. The fraction of sp³-hybridized carbons (Fsp3) is 0.182. The molecule has 0 radical (unpaired) electrons. The van der Waals surface area contributed by atoms with Crippen molar-refractivity contribution in [2.24, 2.45) is 5.73 Å². The maximum absolute atomic E-state index is 13.1. The number of nitrogens with zero attached hydrogens (tertiary/aromatic N) is 1. The summed E-state index contributed by atoms with van der Waals surface area (Å²) in [6, 6.07) is 15.4. The van der Waals surface area contributed by atoms with Crippen LogP contribution >= 0.6 is 0 Å². The van der Waals surface area contributed by atoms with Crippen LogP contribution in [0.25, 0.3) is 0 Å². The molecule has 1 aromatic heterocycles. The highest BCUT2D eigenvalue weighted by molar-refractivity contribution is 5.91. The van der Waals surface area contributed by atoms with Gasteiger partial charge in [-0.1, -0.05) is 12.1 Å². The number of benzene rings is 2. The summed E-state index contributed by atoms with van der Waals surface area (Å²) in [5, 5.41) is 2.62. The highest BCUT2D eigenvalue weighted by Gasteiger charge is 2.22. The average molecular weight is 393 g/mol. The number of aryl methyl sites for hydroxylation is 1. The molecular formula is C22H20FN3O3. The SMILES string of the molecule is NCC(=O)Nc1ccc(Oc2ccc3c(c2)CCC(c2ccc(F)cc2)O3)nc1. The zero-order valence-corrected chi connectivity index (χ0v) is 15.6. The number of carbonyl (C=O) groups excluding carboxylic acids is 1. The van der Waals surface area contributed by atoms with E-state index < -0.39 is 0 Å². The maximum Gasteiger partial charge on any atom is 0.238 e. The predicted octanol–water partition coefficient (Wildman–Crippen LogP) is 3.98. The van der Waals surface area contributed by atoms with E-state index in [-0.39, 0.29) is 24.4 Å². The van der Waals surface area contributed by atoms with Crippen molar-refractivity contribution in [2.45, 2.75) is 18.9 Å². The topological polar surface area (TPSA) is 86.5 Å². The molecule has 0 spiro atoms. The van der Waals surface area contributed by atoms with Crippen molar-refractivity contribution >= 4 is 11.6 Å². The Morgan fingerprint density at radius 3 is 2.76 bits per heavy atom. The van der Waals surface area contributed by atoms with Crippen LogP contribution in [0.4, 0.5) is 10.1 Å². The molecule has 3 N–H and O–H groups in total. The Morgan fingerprint density at radius 2 is 2.03 bits per heavy atom. The van der Waals surface area contributed by atoms with Crippen molar-refractivity contribution < 1.29 is 18.7 Å². The molecule has 1 aliphatic rings. The molecule has 1 atom stereocenters. The van der Waals surface area contributed by atoms with E-state index in [4.69, 9.17) is 15.2 Å². The molecule has 4 rings (SSSR count). The van der Waals surface area contributed by atoms with Gasteiger partial charge in [-0.3, -0.25) is 4.79 Å². The van der Waals surface area contributed by atoms with E-state index in [9.17, 15) is 9.18 Å². The minimum Gasteiger partial charge on any atom is -0.485 e. The number of halogens is 1. The molecule has 1 amide bonds. The summed E-state index contributed by atoms with van der Waals surface area (Å²) in [6.07, 6.45) is 3.05. The Morgan fingerprint density at radius 1 is 1.21 bits per heavy atom. The quantitative estimate of drug-likeness (QED) is 0.685. The predicted molar refractivity (Wildman–Crippen MR) is 107 cm³/mol. The third kappa shape index (κ3) is 4.52. The Hall–Kier alpha value is -3.45. The van der Waals surface area contributed by atoms with Crippen LogP contribution in [0, 0.1) is 5.82 Å². The molecule has 148 valence electrons. The molecule has 29 heavy (non-hydrogen) atoms. The van der Waals surface area contributed by atoms with Crippen LogP contribution in [0.15, 0.2) is 60.8 Å². The largest absolute Gasteiger partial charge is 0.485 e. The number of nitrogens with one attached hydrogen (secondary N) is 1. The lowest BCUT2D eigenvalue weighted by atomic mass is 9.97. The van der Waals surface area contributed by atoms with Crippen LogP contribution in [0.5, 0.6) is 17.4 Å². The van der Waals surface area contributed by atoms with E-state index >= 15 is 0 Å². The van der Waals surface area contributed by atoms with Gasteiger partial charge in [-0.2, -0.15) is 0 Å². The molecule has 3 aromatic rings. The minimum absolute atomic E-state index is 0.0858. The third-order valence-electron chi connectivity index (χ3n) is 4.65. The number of ether oxygens (including phenoxy) is 2. The van der Waals surface area contributed by atoms with Crippen molar-refractivity contribution in [3.05, 3.63) is 77.7 Å². The van der Waals surface area contributed by atoms with Crippen molar-refractivity contribution in [1.29, 1.82) is 0 Å². The number of aromatic nitrogens is 1. The van der Waals surface area contributed by atoms with Gasteiger partial charge in [-0.05, 0) is 60.4 Å². The Bertz CT molecular complexity index is 1010. The number of hydrogen-bond donors (Lipinski definition) is 2. The highest BCUT2D eigenvalue weighted by Crippen LogP contribution is 2.37. The summed E-state index contributed by atoms with van der Waals surface area (Å²) >= 11 is 0. The molecule has 0 fully saturated rings. The average Bonchev–Trinajstić information content (AvgIpc) is 2.75. The van der Waals surface area contributed by atoms with Crippen molar-refractivity contribution in [3.8, 4) is 17.4 Å². The number of anilines is 1. The lowest BCUT2D eigenvalue weighted by molar-refractivity contribution is -0.114. The van der Waals surface area contributed by atoms with Gasteiger partial charge in [-0.25, -0.2) is 9.37 Å². The molecule has 0 bridgehead atoms. The summed E-state index contributed by atoms with van der Waals surface area (Å²) < 4.78 is 25.0. The first kappa shape index (κ1) is 18.9. The van der Waals surface area contributed by atoms with Crippen molar-refractivity contribution in [2.75, 3.05) is 11.9 Å². The third-order valence-corrected chi connectivity index (χ3v) is 4.65. The first-order valence-corrected chi connectivity index (χ1v) is 9.29. The molecule has 2 aromatic carbocycles. The van der Waals surface area contributed by atoms with E-state index in [0.717, 1.165) is 29.7 Å². The standard InChI is InChI=1S/C22H20FN3O3/c23-16-4-1-14(2-5-16)19-8-3-15-11-18(7-9-20(15)29-19)28-22-10-6-17(13-25-22)26-21(27)12-24/h1-2,4-7,9-11,13,19H,3,8,12,24H2,(H,26,27). The van der Waals surface area contributed by atoms with Crippen LogP contribution in [0.2, 0.25) is 0 Å². The van der Waals surface area contributed by atoms with Crippen LogP contribution in [0.1, 0.15) is 23.7 Å². The zero-order chi connectivity index (χ0) is 20.2. The summed E-state index contributed by atoms with van der Waals surface area (Å²) in [6.45, 7) is -0.0858. The lowest BCUT2D eigenvalue weighted by Crippen LogP contribution is -2.21. The van der Waals surface area contributed by atoms with Gasteiger partial charge in [0.25, 0.3) is 0 Å². The number of rotatable bonds is 5. The molecule has 0 saturated carbocycles. The molecule has 1 aliphatic heterocycles. The number of carbonyl (C=O) groups is 1. The van der Waals surface area contributed by atoms with Gasteiger partial charge in [0.15, 0.2) is 0 Å². The smallest absolute Gasteiger partial charge is 0.238 e. The molecule has 7 heteroatoms. The van der Waals surface area contributed by atoms with Crippen molar-refractivity contribution in [3.63, 3.8) is 0 Å². The normalized spacial score (nSPS) is 15.2. The molecule has 0 saturated heterocycles. The van der Waals surface area contributed by atoms with E-state index in [1.165, 1.54) is 18.3 Å². The lowest BCUT2D eigenvalue weighted by Gasteiger charge is -2.26. The second kappa shape index (κ2) is 8.28. The second-order valence-corrected chi connectivity index (χ2v) is 6.71. The fourth-order valence-electron chi connectivity index (χ4n) is 3.19. The van der Waals surface area contributed by atoms with E-state index in [0.29, 0.717) is 17.3 Å². The van der Waals surface area contributed by atoms with Crippen LogP contribution in [-0.4, -0.2) is 17.4 Å². The first-order valence-electron chi connectivity index (χ1n) is 9.29. The molecule has 1 unspecified atom stereocenters. The van der Waals surface area contributed by atoms with Gasteiger partial charge in [0.1, 0.15) is 23.4 Å². The second-order valence-electron chi connectivity index (χ2n) is 6.71. The first-order chi connectivity index (χ1) is 14.1. The summed E-state index contributed by atoms with van der Waals surface area (Å²) in [5.41, 5.74) is 7.84. The summed E-state index contributed by atoms with van der Waals surface area (Å²) in [4.78, 5) is 15.5. The molecule has 0 aliphatic carbocycles. The van der Waals surface area contributed by atoms with E-state index in [1.807, 2.05) is 18.2 Å². The van der Waals surface area contributed by atoms with Gasteiger partial charge in [-0.15, -0.1) is 0 Å². The molecule has 6 nitrogen and oxygen atoms in total. The number of hydrogen-bond acceptors (Lipinski definition) is 5. The summed E-state index contributed by atoms with van der Waals surface area (Å²) in [7, 11) is 0. The molecular weight excluding hydrogens is 373 g/mol. The summed E-state index contributed by atoms with van der Waals surface area (Å²) in [5.74, 6) is 1.32. The van der Waals surface area contributed by atoms with Crippen molar-refractivity contribution in [1.82, 2.24) is 4.98 Å². The Balaban J connectivity index is 1.43. The van der Waals surface area contributed by atoms with Crippen LogP contribution in [-0.2, 0) is 11.2 Å². The van der Waals surface area contributed by atoms with Gasteiger partial charge < -0.3 is 20.5 Å². The minimum atomic E-state index is -0.283. The van der Waals surface area contributed by atoms with E-state index in [1.54, 1.807) is 24.3 Å². The van der Waals surface area contributed by atoms with Gasteiger partial charge >= 0.3 is 0 Å². The van der Waals surface area contributed by atoms with Gasteiger partial charge in [0.05, 0.1) is 18.4 Å².